The third kappa shape index (κ3) is 3.94. The van der Waals surface area contributed by atoms with Crippen LogP contribution in [0.25, 0.3) is 0 Å². The van der Waals surface area contributed by atoms with Gasteiger partial charge >= 0.3 is 0 Å². The number of aliphatic hydroxyl groups excluding tert-OH is 1. The van der Waals surface area contributed by atoms with E-state index in [2.05, 4.69) is 14.9 Å². The van der Waals surface area contributed by atoms with Gasteiger partial charge < -0.3 is 10.8 Å². The second-order valence-corrected chi connectivity index (χ2v) is 4.53. The van der Waals surface area contributed by atoms with Crippen molar-refractivity contribution in [2.24, 2.45) is 0 Å². The first-order valence-corrected chi connectivity index (χ1v) is 6.22. The molecule has 1 heterocycles. The van der Waals surface area contributed by atoms with Crippen molar-refractivity contribution in [1.29, 1.82) is 0 Å². The molecule has 0 bridgehead atoms. The molecule has 1 aliphatic rings. The molecular weight excluding hydrogens is 216 g/mol. The van der Waals surface area contributed by atoms with Crippen LogP contribution in [-0.4, -0.2) is 39.2 Å². The van der Waals surface area contributed by atoms with E-state index in [0.29, 0.717) is 11.9 Å². The lowest BCUT2D eigenvalue weighted by atomic mass is 10.3. The highest BCUT2D eigenvalue weighted by Gasteiger charge is 2.28. The fourth-order valence-electron chi connectivity index (χ4n) is 1.93. The molecular formula is C12H20N4O. The van der Waals surface area contributed by atoms with Crippen molar-refractivity contribution in [3.8, 4) is 0 Å². The minimum Gasteiger partial charge on any atom is -0.396 e. The molecule has 0 amide bonds. The van der Waals surface area contributed by atoms with Crippen molar-refractivity contribution in [1.82, 2.24) is 14.9 Å². The molecule has 5 nitrogen and oxygen atoms in total. The van der Waals surface area contributed by atoms with E-state index in [1.54, 1.807) is 12.3 Å². The van der Waals surface area contributed by atoms with E-state index in [9.17, 15) is 0 Å². The van der Waals surface area contributed by atoms with Crippen LogP contribution in [-0.2, 0) is 6.54 Å². The molecule has 1 saturated carbocycles. The maximum Gasteiger partial charge on any atom is 0.144 e. The zero-order valence-corrected chi connectivity index (χ0v) is 10.0. The quantitative estimate of drug-likeness (QED) is 0.685. The average molecular weight is 236 g/mol. The predicted molar refractivity (Wildman–Crippen MR) is 66.2 cm³/mol. The van der Waals surface area contributed by atoms with Crippen LogP contribution in [0.2, 0.25) is 0 Å². The summed E-state index contributed by atoms with van der Waals surface area (Å²) < 4.78 is 0. The molecule has 1 aromatic heterocycles. The number of anilines is 1. The van der Waals surface area contributed by atoms with Crippen molar-refractivity contribution in [2.75, 3.05) is 18.9 Å². The topological polar surface area (TPSA) is 75.3 Å². The van der Waals surface area contributed by atoms with Crippen LogP contribution in [0.15, 0.2) is 12.3 Å². The van der Waals surface area contributed by atoms with Gasteiger partial charge in [-0.25, -0.2) is 9.97 Å². The van der Waals surface area contributed by atoms with Gasteiger partial charge in [-0.3, -0.25) is 4.90 Å². The molecule has 1 fully saturated rings. The first-order chi connectivity index (χ1) is 8.29. The SMILES string of the molecule is Nc1ccnc(CN(CCCCO)C2CC2)n1. The molecule has 1 aromatic rings. The molecule has 94 valence electrons. The van der Waals surface area contributed by atoms with Gasteiger partial charge in [0.05, 0.1) is 6.54 Å². The van der Waals surface area contributed by atoms with Gasteiger partial charge in [-0.1, -0.05) is 0 Å². The summed E-state index contributed by atoms with van der Waals surface area (Å²) in [6.07, 6.45) is 6.12. The van der Waals surface area contributed by atoms with Crippen LogP contribution in [0.3, 0.4) is 0 Å². The molecule has 0 aromatic carbocycles. The summed E-state index contributed by atoms with van der Waals surface area (Å²) in [5.74, 6) is 1.32. The number of rotatable bonds is 7. The third-order valence-corrected chi connectivity index (χ3v) is 2.99. The minimum absolute atomic E-state index is 0.271. The highest BCUT2D eigenvalue weighted by molar-refractivity contribution is 5.25. The number of hydrogen-bond acceptors (Lipinski definition) is 5. The zero-order chi connectivity index (χ0) is 12.1. The average Bonchev–Trinajstić information content (AvgIpc) is 3.12. The van der Waals surface area contributed by atoms with Crippen molar-refractivity contribution in [2.45, 2.75) is 38.3 Å². The van der Waals surface area contributed by atoms with E-state index in [1.165, 1.54) is 12.8 Å². The molecule has 0 saturated heterocycles. The molecule has 0 aliphatic heterocycles. The van der Waals surface area contributed by atoms with E-state index in [1.807, 2.05) is 0 Å². The lowest BCUT2D eigenvalue weighted by molar-refractivity contribution is 0.225. The maximum absolute atomic E-state index is 8.80. The summed E-state index contributed by atoms with van der Waals surface area (Å²) in [7, 11) is 0. The van der Waals surface area contributed by atoms with Crippen LogP contribution >= 0.6 is 0 Å². The van der Waals surface area contributed by atoms with E-state index in [0.717, 1.165) is 31.8 Å². The van der Waals surface area contributed by atoms with Crippen LogP contribution in [0.5, 0.6) is 0 Å². The molecule has 0 radical (unpaired) electrons. The zero-order valence-electron chi connectivity index (χ0n) is 10.0. The van der Waals surface area contributed by atoms with Gasteiger partial charge in [0, 0.05) is 18.8 Å². The van der Waals surface area contributed by atoms with Crippen molar-refractivity contribution >= 4 is 5.82 Å². The molecule has 5 heteroatoms. The van der Waals surface area contributed by atoms with Crippen molar-refractivity contribution in [3.63, 3.8) is 0 Å². The van der Waals surface area contributed by atoms with E-state index < -0.39 is 0 Å². The summed E-state index contributed by atoms with van der Waals surface area (Å²) in [6.45, 7) is 2.04. The largest absolute Gasteiger partial charge is 0.396 e. The minimum atomic E-state index is 0.271. The second kappa shape index (κ2) is 5.93. The Morgan fingerprint density at radius 1 is 1.41 bits per heavy atom. The Kier molecular flexibility index (Phi) is 4.28. The Balaban J connectivity index is 1.88. The van der Waals surface area contributed by atoms with Crippen LogP contribution in [0.1, 0.15) is 31.5 Å². The van der Waals surface area contributed by atoms with E-state index >= 15 is 0 Å². The van der Waals surface area contributed by atoms with Gasteiger partial charge in [-0.05, 0) is 38.3 Å². The number of nitrogens with zero attached hydrogens (tertiary/aromatic N) is 3. The summed E-state index contributed by atoms with van der Waals surface area (Å²) in [5.41, 5.74) is 5.65. The van der Waals surface area contributed by atoms with Gasteiger partial charge in [0.25, 0.3) is 0 Å². The lowest BCUT2D eigenvalue weighted by Crippen LogP contribution is -2.28. The van der Waals surface area contributed by atoms with Crippen LogP contribution in [0.4, 0.5) is 5.82 Å². The monoisotopic (exact) mass is 236 g/mol. The summed E-state index contributed by atoms with van der Waals surface area (Å²) in [4.78, 5) is 10.9. The summed E-state index contributed by atoms with van der Waals surface area (Å²) >= 11 is 0. The van der Waals surface area contributed by atoms with Crippen molar-refractivity contribution < 1.29 is 5.11 Å². The highest BCUT2D eigenvalue weighted by atomic mass is 16.2. The van der Waals surface area contributed by atoms with Gasteiger partial charge in [0.1, 0.15) is 11.6 Å². The van der Waals surface area contributed by atoms with E-state index in [-0.39, 0.29) is 6.61 Å². The fourth-order valence-corrected chi connectivity index (χ4v) is 1.93. The number of nitrogen functional groups attached to an aromatic ring is 1. The van der Waals surface area contributed by atoms with Gasteiger partial charge in [0.2, 0.25) is 0 Å². The predicted octanol–water partition coefficient (Wildman–Crippen LogP) is 0.796. The summed E-state index contributed by atoms with van der Waals surface area (Å²) in [6, 6.07) is 2.38. The van der Waals surface area contributed by atoms with Crippen LogP contribution in [0, 0.1) is 0 Å². The summed E-state index contributed by atoms with van der Waals surface area (Å²) in [5, 5.41) is 8.80. The van der Waals surface area contributed by atoms with Gasteiger partial charge in [0.15, 0.2) is 0 Å². The Morgan fingerprint density at radius 2 is 2.24 bits per heavy atom. The molecule has 3 N–H and O–H groups in total. The standard InChI is InChI=1S/C12H20N4O/c13-11-5-6-14-12(15-11)9-16(10-3-4-10)7-1-2-8-17/h5-6,10,17H,1-4,7-9H2,(H2,13,14,15). The molecule has 0 unspecified atom stereocenters. The number of aromatic nitrogens is 2. The third-order valence-electron chi connectivity index (χ3n) is 2.99. The smallest absolute Gasteiger partial charge is 0.144 e. The van der Waals surface area contributed by atoms with Gasteiger partial charge in [-0.2, -0.15) is 0 Å². The Labute approximate surface area is 102 Å². The Bertz CT molecular complexity index is 354. The second-order valence-electron chi connectivity index (χ2n) is 4.53. The molecule has 0 spiro atoms. The first-order valence-electron chi connectivity index (χ1n) is 6.22. The van der Waals surface area contributed by atoms with Crippen molar-refractivity contribution in [3.05, 3.63) is 18.1 Å². The van der Waals surface area contributed by atoms with Crippen LogP contribution < -0.4 is 5.73 Å². The maximum atomic E-state index is 8.80. The molecule has 0 atom stereocenters. The number of unbranched alkanes of at least 4 members (excludes halogenated alkanes) is 1. The number of aliphatic hydroxyl groups is 1. The fraction of sp³-hybridized carbons (Fsp3) is 0.667. The number of hydrogen-bond donors (Lipinski definition) is 2. The lowest BCUT2D eigenvalue weighted by Gasteiger charge is -2.20. The number of nitrogens with two attached hydrogens (primary N) is 1. The molecule has 17 heavy (non-hydrogen) atoms. The van der Waals surface area contributed by atoms with E-state index in [4.69, 9.17) is 10.8 Å². The normalized spacial score (nSPS) is 15.4. The Morgan fingerprint density at radius 3 is 2.88 bits per heavy atom. The molecule has 2 rings (SSSR count). The molecule has 1 aliphatic carbocycles. The Hall–Kier alpha value is -1.20. The highest BCUT2D eigenvalue weighted by Crippen LogP contribution is 2.28. The van der Waals surface area contributed by atoms with Gasteiger partial charge in [-0.15, -0.1) is 0 Å². The first kappa shape index (κ1) is 12.3.